The number of hydrogen-bond donors (Lipinski definition) is 0. The third-order valence-electron chi connectivity index (χ3n) is 3.67. The highest BCUT2D eigenvalue weighted by molar-refractivity contribution is 6.01. The van der Waals surface area contributed by atoms with Crippen molar-refractivity contribution >= 4 is 5.71 Å². The summed E-state index contributed by atoms with van der Waals surface area (Å²) in [7, 11) is 0. The Bertz CT molecular complexity index is 628. The highest BCUT2D eigenvalue weighted by Gasteiger charge is 2.43. The lowest BCUT2D eigenvalue weighted by Crippen LogP contribution is -2.29. The number of halogens is 2. The molecule has 2 nitrogen and oxygen atoms in total. The van der Waals surface area contributed by atoms with Crippen LogP contribution in [0.2, 0.25) is 0 Å². The van der Waals surface area contributed by atoms with Crippen LogP contribution in [0.1, 0.15) is 24.0 Å². The second kappa shape index (κ2) is 5.64. The standard InChI is InChI=1S/C17H15F2NO/c18-16(19)12-17(14-9-5-2-6-10-14)11-15(20-21-17)13-7-3-1-4-8-13/h1-10,16H,11-12H2. The van der Waals surface area contributed by atoms with Gasteiger partial charge in [0.1, 0.15) is 0 Å². The van der Waals surface area contributed by atoms with Gasteiger partial charge in [-0.05, 0) is 11.1 Å². The Morgan fingerprint density at radius 1 is 1.00 bits per heavy atom. The molecule has 0 fully saturated rings. The Hall–Kier alpha value is -2.23. The van der Waals surface area contributed by atoms with Gasteiger partial charge in [-0.25, -0.2) is 8.78 Å². The average molecular weight is 287 g/mol. The molecular weight excluding hydrogens is 272 g/mol. The molecule has 1 aliphatic heterocycles. The van der Waals surface area contributed by atoms with E-state index in [1.165, 1.54) is 0 Å². The van der Waals surface area contributed by atoms with Gasteiger partial charge >= 0.3 is 0 Å². The van der Waals surface area contributed by atoms with E-state index in [1.807, 2.05) is 60.7 Å². The molecule has 0 amide bonds. The van der Waals surface area contributed by atoms with Crippen molar-refractivity contribution in [3.63, 3.8) is 0 Å². The van der Waals surface area contributed by atoms with E-state index in [1.54, 1.807) is 0 Å². The summed E-state index contributed by atoms with van der Waals surface area (Å²) in [4.78, 5) is 5.51. The van der Waals surface area contributed by atoms with Crippen LogP contribution in [0, 0.1) is 0 Å². The maximum absolute atomic E-state index is 13.0. The number of rotatable bonds is 4. The minimum absolute atomic E-state index is 0.353. The van der Waals surface area contributed by atoms with Crippen LogP contribution < -0.4 is 0 Å². The highest BCUT2D eigenvalue weighted by Crippen LogP contribution is 2.41. The van der Waals surface area contributed by atoms with Crippen LogP contribution in [0.3, 0.4) is 0 Å². The molecular formula is C17H15F2NO. The first-order valence-electron chi connectivity index (χ1n) is 6.84. The van der Waals surface area contributed by atoms with Crippen LogP contribution >= 0.6 is 0 Å². The summed E-state index contributed by atoms with van der Waals surface area (Å²) in [5, 5.41) is 4.07. The van der Waals surface area contributed by atoms with Gasteiger partial charge in [-0.2, -0.15) is 0 Å². The summed E-state index contributed by atoms with van der Waals surface area (Å²) in [6.45, 7) is 0. The maximum Gasteiger partial charge on any atom is 0.242 e. The molecule has 4 heteroatoms. The topological polar surface area (TPSA) is 21.6 Å². The lowest BCUT2D eigenvalue weighted by molar-refractivity contribution is -0.0650. The second-order valence-corrected chi connectivity index (χ2v) is 5.13. The van der Waals surface area contributed by atoms with E-state index >= 15 is 0 Å². The quantitative estimate of drug-likeness (QED) is 0.818. The molecule has 0 N–H and O–H groups in total. The molecule has 1 heterocycles. The largest absolute Gasteiger partial charge is 0.383 e. The molecule has 2 aromatic rings. The van der Waals surface area contributed by atoms with E-state index in [2.05, 4.69) is 5.16 Å². The number of oxime groups is 1. The van der Waals surface area contributed by atoms with Crippen LogP contribution in [0.4, 0.5) is 8.78 Å². The summed E-state index contributed by atoms with van der Waals surface area (Å²) < 4.78 is 26.0. The Labute approximate surface area is 122 Å². The number of hydrogen-bond acceptors (Lipinski definition) is 2. The van der Waals surface area contributed by atoms with Gasteiger partial charge in [0.05, 0.1) is 12.1 Å². The van der Waals surface area contributed by atoms with Gasteiger partial charge in [-0.1, -0.05) is 65.8 Å². The fourth-order valence-electron chi connectivity index (χ4n) is 2.64. The molecule has 21 heavy (non-hydrogen) atoms. The zero-order chi connectivity index (χ0) is 14.7. The van der Waals surface area contributed by atoms with Crippen molar-refractivity contribution in [3.05, 3.63) is 71.8 Å². The van der Waals surface area contributed by atoms with Crippen molar-refractivity contribution < 1.29 is 13.6 Å². The van der Waals surface area contributed by atoms with E-state index < -0.39 is 12.0 Å². The molecule has 0 saturated heterocycles. The summed E-state index contributed by atoms with van der Waals surface area (Å²) in [6, 6.07) is 18.6. The molecule has 2 aromatic carbocycles. The maximum atomic E-state index is 13.0. The Morgan fingerprint density at radius 2 is 1.62 bits per heavy atom. The molecule has 0 saturated carbocycles. The normalized spacial score (nSPS) is 21.2. The third kappa shape index (κ3) is 2.79. The molecule has 108 valence electrons. The van der Waals surface area contributed by atoms with Crippen LogP contribution in [-0.4, -0.2) is 12.1 Å². The molecule has 3 rings (SSSR count). The molecule has 1 aliphatic rings. The van der Waals surface area contributed by atoms with Gasteiger partial charge in [0.2, 0.25) is 6.43 Å². The first-order valence-corrected chi connectivity index (χ1v) is 6.84. The van der Waals surface area contributed by atoms with Gasteiger partial charge in [0.15, 0.2) is 5.60 Å². The summed E-state index contributed by atoms with van der Waals surface area (Å²) in [5.41, 5.74) is 1.28. The van der Waals surface area contributed by atoms with E-state index in [-0.39, 0.29) is 6.42 Å². The van der Waals surface area contributed by atoms with Crippen LogP contribution in [0.5, 0.6) is 0 Å². The van der Waals surface area contributed by atoms with Crippen molar-refractivity contribution in [1.29, 1.82) is 0 Å². The summed E-state index contributed by atoms with van der Waals surface area (Å²) >= 11 is 0. The monoisotopic (exact) mass is 287 g/mol. The number of alkyl halides is 2. The summed E-state index contributed by atoms with van der Waals surface area (Å²) in [5.74, 6) is 0. The van der Waals surface area contributed by atoms with Crippen LogP contribution in [0.15, 0.2) is 65.8 Å². The van der Waals surface area contributed by atoms with E-state index in [0.717, 1.165) is 11.1 Å². The molecule has 0 aliphatic carbocycles. The Morgan fingerprint density at radius 3 is 2.24 bits per heavy atom. The lowest BCUT2D eigenvalue weighted by atomic mass is 9.85. The third-order valence-corrected chi connectivity index (χ3v) is 3.67. The Balaban J connectivity index is 1.91. The minimum atomic E-state index is -2.45. The number of benzene rings is 2. The fourth-order valence-corrected chi connectivity index (χ4v) is 2.64. The predicted molar refractivity (Wildman–Crippen MR) is 77.4 cm³/mol. The van der Waals surface area contributed by atoms with E-state index in [0.29, 0.717) is 12.1 Å². The predicted octanol–water partition coefficient (Wildman–Crippen LogP) is 4.36. The first-order chi connectivity index (χ1) is 10.2. The minimum Gasteiger partial charge on any atom is -0.383 e. The smallest absolute Gasteiger partial charge is 0.242 e. The highest BCUT2D eigenvalue weighted by atomic mass is 19.3. The Kier molecular flexibility index (Phi) is 3.69. The molecule has 0 spiro atoms. The molecule has 0 aromatic heterocycles. The van der Waals surface area contributed by atoms with Crippen LogP contribution in [0.25, 0.3) is 0 Å². The first kappa shape index (κ1) is 13.7. The average Bonchev–Trinajstić information content (AvgIpc) is 2.94. The molecule has 0 bridgehead atoms. The van der Waals surface area contributed by atoms with Gasteiger partial charge < -0.3 is 4.84 Å². The number of nitrogens with zero attached hydrogens (tertiary/aromatic N) is 1. The summed E-state index contributed by atoms with van der Waals surface area (Å²) in [6.07, 6.45) is -2.46. The van der Waals surface area contributed by atoms with Crippen molar-refractivity contribution in [2.45, 2.75) is 24.9 Å². The fraction of sp³-hybridized carbons (Fsp3) is 0.235. The molecule has 1 unspecified atom stereocenters. The zero-order valence-electron chi connectivity index (χ0n) is 11.4. The second-order valence-electron chi connectivity index (χ2n) is 5.13. The van der Waals surface area contributed by atoms with Crippen molar-refractivity contribution in [2.75, 3.05) is 0 Å². The zero-order valence-corrected chi connectivity index (χ0v) is 11.4. The van der Waals surface area contributed by atoms with Crippen molar-refractivity contribution in [2.24, 2.45) is 5.16 Å². The van der Waals surface area contributed by atoms with Crippen molar-refractivity contribution in [3.8, 4) is 0 Å². The molecule has 0 radical (unpaired) electrons. The van der Waals surface area contributed by atoms with Gasteiger partial charge in [-0.15, -0.1) is 0 Å². The van der Waals surface area contributed by atoms with E-state index in [4.69, 9.17) is 4.84 Å². The van der Waals surface area contributed by atoms with Crippen molar-refractivity contribution in [1.82, 2.24) is 0 Å². The van der Waals surface area contributed by atoms with Gasteiger partial charge in [0, 0.05) is 6.42 Å². The van der Waals surface area contributed by atoms with E-state index in [9.17, 15) is 8.78 Å². The van der Waals surface area contributed by atoms with Gasteiger partial charge in [0.25, 0.3) is 0 Å². The van der Waals surface area contributed by atoms with Crippen LogP contribution in [-0.2, 0) is 10.4 Å². The lowest BCUT2D eigenvalue weighted by Gasteiger charge is -2.26. The van der Waals surface area contributed by atoms with Gasteiger partial charge in [-0.3, -0.25) is 0 Å². The SMILES string of the molecule is FC(F)CC1(c2ccccc2)CC(c2ccccc2)=NO1. The molecule has 1 atom stereocenters.